The molecule has 44 heavy (non-hydrogen) atoms. The lowest BCUT2D eigenvalue weighted by molar-refractivity contribution is -0.136. The molecule has 4 amide bonds. The fourth-order valence-electron chi connectivity index (χ4n) is 5.60. The van der Waals surface area contributed by atoms with Crippen molar-refractivity contribution >= 4 is 23.6 Å². The Hall–Kier alpha value is -3.96. The van der Waals surface area contributed by atoms with Gasteiger partial charge in [-0.2, -0.15) is 0 Å². The quantitative estimate of drug-likeness (QED) is 0.353. The summed E-state index contributed by atoms with van der Waals surface area (Å²) in [6, 6.07) is 14.2. The summed E-state index contributed by atoms with van der Waals surface area (Å²) in [7, 11) is 1.64. The van der Waals surface area contributed by atoms with Crippen LogP contribution in [0.4, 0.5) is 0 Å². The molecule has 11 heteroatoms. The lowest BCUT2D eigenvalue weighted by Crippen LogP contribution is -2.52. The Labute approximate surface area is 259 Å². The lowest BCUT2D eigenvalue weighted by Gasteiger charge is -2.26. The van der Waals surface area contributed by atoms with Crippen molar-refractivity contribution in [1.29, 1.82) is 0 Å². The molecule has 2 aromatic carbocycles. The molecular formula is C33H45N5O6. The van der Waals surface area contributed by atoms with Gasteiger partial charge in [-0.15, -0.1) is 0 Å². The largest absolute Gasteiger partial charge is 0.484 e. The summed E-state index contributed by atoms with van der Waals surface area (Å²) >= 11 is 0. The van der Waals surface area contributed by atoms with Crippen molar-refractivity contribution in [1.82, 2.24) is 25.8 Å². The first-order valence-corrected chi connectivity index (χ1v) is 15.4. The van der Waals surface area contributed by atoms with Gasteiger partial charge in [0.2, 0.25) is 17.7 Å². The number of rotatable bonds is 11. The number of benzene rings is 2. The molecule has 2 aromatic rings. The molecule has 0 bridgehead atoms. The first-order chi connectivity index (χ1) is 21.2. The number of carbonyl (C=O) groups is 4. The number of carbonyl (C=O) groups excluding carboxylic acids is 4. The Balaban J connectivity index is 1.42. The molecule has 1 saturated heterocycles. The summed E-state index contributed by atoms with van der Waals surface area (Å²) in [5.41, 5.74) is 2.49. The van der Waals surface area contributed by atoms with Gasteiger partial charge in [-0.3, -0.25) is 19.2 Å². The van der Waals surface area contributed by atoms with E-state index in [2.05, 4.69) is 16.0 Å². The first kappa shape index (κ1) is 32.9. The van der Waals surface area contributed by atoms with Crippen LogP contribution in [0.3, 0.4) is 0 Å². The van der Waals surface area contributed by atoms with E-state index < -0.39 is 11.9 Å². The van der Waals surface area contributed by atoms with Crippen molar-refractivity contribution in [2.75, 3.05) is 46.5 Å². The maximum atomic E-state index is 13.3. The van der Waals surface area contributed by atoms with Gasteiger partial charge in [-0.25, -0.2) is 0 Å². The van der Waals surface area contributed by atoms with Crippen molar-refractivity contribution in [3.63, 3.8) is 0 Å². The summed E-state index contributed by atoms with van der Waals surface area (Å²) in [6.07, 6.45) is 2.27. The van der Waals surface area contributed by atoms with Crippen molar-refractivity contribution in [2.24, 2.45) is 0 Å². The minimum atomic E-state index is -0.846. The highest BCUT2D eigenvalue weighted by atomic mass is 16.5. The Morgan fingerprint density at radius 2 is 1.82 bits per heavy atom. The van der Waals surface area contributed by atoms with E-state index in [1.165, 1.54) is 0 Å². The monoisotopic (exact) mass is 607 g/mol. The zero-order valence-corrected chi connectivity index (χ0v) is 26.0. The molecule has 0 spiro atoms. The van der Waals surface area contributed by atoms with Crippen LogP contribution in [0, 0.1) is 0 Å². The van der Waals surface area contributed by atoms with Gasteiger partial charge < -0.3 is 35.2 Å². The molecule has 0 radical (unpaired) electrons. The number of nitrogens with one attached hydrogen (secondary N) is 3. The fourth-order valence-corrected chi connectivity index (χ4v) is 5.60. The number of likely N-dealkylation sites (tertiary alicyclic amines) is 1. The highest BCUT2D eigenvalue weighted by Gasteiger charge is 2.29. The average molecular weight is 608 g/mol. The van der Waals surface area contributed by atoms with Gasteiger partial charge in [0.15, 0.2) is 6.61 Å². The summed E-state index contributed by atoms with van der Waals surface area (Å²) in [5.74, 6) is -0.387. The number of hydrogen-bond donors (Lipinski definition) is 3. The maximum Gasteiger partial charge on any atom is 0.260 e. The third-order valence-electron chi connectivity index (χ3n) is 7.97. The van der Waals surface area contributed by atoms with Gasteiger partial charge in [-0.05, 0) is 41.7 Å². The number of fused-ring (bicyclic) bond motifs is 1. The van der Waals surface area contributed by atoms with Gasteiger partial charge in [0.05, 0.1) is 25.6 Å². The molecule has 11 nitrogen and oxygen atoms in total. The molecule has 238 valence electrons. The van der Waals surface area contributed by atoms with Gasteiger partial charge in [0.25, 0.3) is 5.91 Å². The van der Waals surface area contributed by atoms with E-state index >= 15 is 0 Å². The highest BCUT2D eigenvalue weighted by molar-refractivity contribution is 5.91. The molecule has 2 heterocycles. The molecule has 0 saturated carbocycles. The maximum absolute atomic E-state index is 13.3. The van der Waals surface area contributed by atoms with Crippen molar-refractivity contribution in [2.45, 2.75) is 64.2 Å². The molecule has 2 aliphatic heterocycles. The Bertz CT molecular complexity index is 1280. The van der Waals surface area contributed by atoms with E-state index in [0.29, 0.717) is 32.0 Å². The molecule has 4 rings (SSSR count). The number of amides is 4. The average Bonchev–Trinajstić information content (AvgIpc) is 3.47. The second-order valence-corrected chi connectivity index (χ2v) is 11.7. The highest BCUT2D eigenvalue weighted by Crippen LogP contribution is 2.19. The second kappa shape index (κ2) is 16.2. The van der Waals surface area contributed by atoms with Crippen LogP contribution in [-0.4, -0.2) is 98.1 Å². The van der Waals surface area contributed by atoms with Crippen molar-refractivity contribution < 1.29 is 28.7 Å². The SMILES string of the molecule is COC[C@H]1CCCN1C(=O)COc1ccc(C[C@@H]2NC(=O)CN(CCNC(C)C)C(=O)Cc3ccccc3CNC2=O)cc1. The van der Waals surface area contributed by atoms with Gasteiger partial charge in [0.1, 0.15) is 11.8 Å². The zero-order valence-electron chi connectivity index (χ0n) is 26.0. The minimum Gasteiger partial charge on any atom is -0.484 e. The second-order valence-electron chi connectivity index (χ2n) is 11.7. The number of ether oxygens (including phenoxy) is 2. The van der Waals surface area contributed by atoms with Crippen LogP contribution in [0.2, 0.25) is 0 Å². The van der Waals surface area contributed by atoms with Gasteiger partial charge >= 0.3 is 0 Å². The van der Waals surface area contributed by atoms with Crippen LogP contribution in [0.15, 0.2) is 48.5 Å². The number of nitrogens with zero attached hydrogens (tertiary/aromatic N) is 2. The topological polar surface area (TPSA) is 129 Å². The van der Waals surface area contributed by atoms with E-state index in [9.17, 15) is 19.2 Å². The minimum absolute atomic E-state index is 0.0654. The standard InChI is InChI=1S/C33H45N5O6/c1-23(2)34-14-16-37-20-30(39)36-29(33(42)35-19-26-8-5-4-7-25(26)18-31(37)40)17-24-10-12-28(13-11-24)44-22-32(41)38-15-6-9-27(38)21-43-3/h4-5,7-8,10-13,23,27,29,34H,6,9,14-22H2,1-3H3,(H,35,42)(H,36,39)/t27-,29+/m1/s1. The summed E-state index contributed by atoms with van der Waals surface area (Å²) in [6.45, 7) is 6.22. The van der Waals surface area contributed by atoms with Gasteiger partial charge in [0, 0.05) is 45.8 Å². The van der Waals surface area contributed by atoms with Crippen LogP contribution in [0.1, 0.15) is 43.4 Å². The normalized spacial score (nSPS) is 19.6. The lowest BCUT2D eigenvalue weighted by atomic mass is 10.0. The van der Waals surface area contributed by atoms with Crippen molar-refractivity contribution in [3.05, 3.63) is 65.2 Å². The summed E-state index contributed by atoms with van der Waals surface area (Å²) < 4.78 is 11.0. The summed E-state index contributed by atoms with van der Waals surface area (Å²) in [4.78, 5) is 55.8. The summed E-state index contributed by atoms with van der Waals surface area (Å²) in [5, 5.41) is 9.09. The van der Waals surface area contributed by atoms with Gasteiger partial charge in [-0.1, -0.05) is 50.2 Å². The predicted molar refractivity (Wildman–Crippen MR) is 166 cm³/mol. The fraction of sp³-hybridized carbons (Fsp3) is 0.515. The third kappa shape index (κ3) is 9.52. The molecule has 3 N–H and O–H groups in total. The molecule has 0 aromatic heterocycles. The Kier molecular flexibility index (Phi) is 12.1. The molecule has 1 fully saturated rings. The number of methoxy groups -OCH3 is 1. The Morgan fingerprint density at radius 1 is 1.07 bits per heavy atom. The van der Waals surface area contributed by atoms with Crippen LogP contribution >= 0.6 is 0 Å². The molecule has 2 aliphatic rings. The Morgan fingerprint density at radius 3 is 2.55 bits per heavy atom. The molecule has 0 unspecified atom stereocenters. The van der Waals surface area contributed by atoms with Crippen LogP contribution in [0.25, 0.3) is 0 Å². The van der Waals surface area contributed by atoms with E-state index in [0.717, 1.165) is 29.5 Å². The molecule has 2 atom stereocenters. The first-order valence-electron chi connectivity index (χ1n) is 15.4. The zero-order chi connectivity index (χ0) is 31.5. The third-order valence-corrected chi connectivity index (χ3v) is 7.97. The van der Waals surface area contributed by atoms with Crippen molar-refractivity contribution in [3.8, 4) is 5.75 Å². The molecule has 0 aliphatic carbocycles. The smallest absolute Gasteiger partial charge is 0.260 e. The van der Waals surface area contributed by atoms with E-state index in [1.807, 2.05) is 55.1 Å². The van der Waals surface area contributed by atoms with Crippen LogP contribution in [-0.2, 0) is 43.3 Å². The van der Waals surface area contributed by atoms with E-state index in [-0.39, 0.29) is 62.3 Å². The van der Waals surface area contributed by atoms with E-state index in [1.54, 1.807) is 24.1 Å². The number of hydrogen-bond acceptors (Lipinski definition) is 7. The molecular weight excluding hydrogens is 562 g/mol. The van der Waals surface area contributed by atoms with Crippen LogP contribution < -0.4 is 20.7 Å². The van der Waals surface area contributed by atoms with Crippen LogP contribution in [0.5, 0.6) is 5.75 Å². The predicted octanol–water partition coefficient (Wildman–Crippen LogP) is 1.43. The van der Waals surface area contributed by atoms with E-state index in [4.69, 9.17) is 9.47 Å².